The molecule has 0 aliphatic heterocycles. The standard InChI is InChI=1S/C16H13FN4O2/c17-12-4-2-1-3-10(12)9-5-6-11-13(7-9)20-16(21(19)8-22)14(11)15(18)23/h1-8,20H,19H2,(H2,18,23). The Bertz CT molecular complexity index is 920. The van der Waals surface area contributed by atoms with Crippen LogP contribution in [0.25, 0.3) is 22.0 Å². The van der Waals surface area contributed by atoms with Crippen LogP contribution in [0.2, 0.25) is 0 Å². The van der Waals surface area contributed by atoms with Crippen molar-refractivity contribution in [1.82, 2.24) is 4.98 Å². The molecule has 3 rings (SSSR count). The summed E-state index contributed by atoms with van der Waals surface area (Å²) < 4.78 is 13.9. The molecule has 0 saturated heterocycles. The summed E-state index contributed by atoms with van der Waals surface area (Å²) in [4.78, 5) is 25.4. The maximum absolute atomic E-state index is 13.9. The number of amides is 2. The first-order chi connectivity index (χ1) is 11.0. The number of H-pyrrole nitrogens is 1. The topological polar surface area (TPSA) is 105 Å². The van der Waals surface area contributed by atoms with E-state index in [1.165, 1.54) is 6.07 Å². The molecule has 7 heteroatoms. The molecule has 23 heavy (non-hydrogen) atoms. The molecule has 0 radical (unpaired) electrons. The van der Waals surface area contributed by atoms with Crippen LogP contribution in [0.3, 0.4) is 0 Å². The number of nitrogens with zero attached hydrogens (tertiary/aromatic N) is 1. The molecule has 1 heterocycles. The number of rotatable bonds is 4. The first kappa shape index (κ1) is 14.7. The van der Waals surface area contributed by atoms with Crippen LogP contribution in [0.5, 0.6) is 0 Å². The fourth-order valence-electron chi connectivity index (χ4n) is 2.54. The average Bonchev–Trinajstić information content (AvgIpc) is 2.93. The van der Waals surface area contributed by atoms with Crippen molar-refractivity contribution in [2.24, 2.45) is 11.6 Å². The molecule has 2 aromatic carbocycles. The number of carbonyl (C=O) groups is 2. The number of halogens is 1. The predicted molar refractivity (Wildman–Crippen MR) is 84.9 cm³/mol. The second-order valence-electron chi connectivity index (χ2n) is 4.97. The number of aromatic amines is 1. The van der Waals surface area contributed by atoms with Gasteiger partial charge in [-0.25, -0.2) is 15.2 Å². The lowest BCUT2D eigenvalue weighted by atomic mass is 10.0. The van der Waals surface area contributed by atoms with Gasteiger partial charge < -0.3 is 10.7 Å². The lowest BCUT2D eigenvalue weighted by molar-refractivity contribution is -0.107. The first-order valence-corrected chi connectivity index (χ1v) is 6.72. The average molecular weight is 312 g/mol. The Labute approximate surface area is 130 Å². The van der Waals surface area contributed by atoms with E-state index in [1.807, 2.05) is 0 Å². The molecule has 0 atom stereocenters. The van der Waals surface area contributed by atoms with E-state index in [-0.39, 0.29) is 17.2 Å². The largest absolute Gasteiger partial charge is 0.365 e. The maximum Gasteiger partial charge on any atom is 0.253 e. The summed E-state index contributed by atoms with van der Waals surface area (Å²) in [6.07, 6.45) is 0.356. The molecule has 2 amide bonds. The number of nitrogens with two attached hydrogens (primary N) is 2. The Balaban J connectivity index is 2.24. The fourth-order valence-corrected chi connectivity index (χ4v) is 2.54. The van der Waals surface area contributed by atoms with Gasteiger partial charge in [0.15, 0.2) is 0 Å². The van der Waals surface area contributed by atoms with Crippen molar-refractivity contribution in [2.75, 3.05) is 5.01 Å². The highest BCUT2D eigenvalue weighted by atomic mass is 19.1. The van der Waals surface area contributed by atoms with Crippen LogP contribution in [0, 0.1) is 5.82 Å². The van der Waals surface area contributed by atoms with Gasteiger partial charge in [-0.1, -0.05) is 30.3 Å². The van der Waals surface area contributed by atoms with E-state index in [9.17, 15) is 14.0 Å². The number of fused-ring (bicyclic) bond motifs is 1. The molecule has 5 N–H and O–H groups in total. The summed E-state index contributed by atoms with van der Waals surface area (Å²) in [6.45, 7) is 0. The highest BCUT2D eigenvalue weighted by molar-refractivity contribution is 6.12. The van der Waals surface area contributed by atoms with Crippen LogP contribution >= 0.6 is 0 Å². The molecule has 3 aromatic rings. The van der Waals surface area contributed by atoms with Crippen molar-refractivity contribution in [3.8, 4) is 11.1 Å². The molecule has 0 fully saturated rings. The van der Waals surface area contributed by atoms with Gasteiger partial charge in [-0.05, 0) is 17.7 Å². The molecule has 1 aromatic heterocycles. The lowest BCUT2D eigenvalue weighted by Gasteiger charge is -2.08. The van der Waals surface area contributed by atoms with E-state index >= 15 is 0 Å². The minimum absolute atomic E-state index is 0.0909. The normalized spacial score (nSPS) is 10.7. The van der Waals surface area contributed by atoms with Crippen molar-refractivity contribution in [3.05, 3.63) is 53.8 Å². The summed E-state index contributed by atoms with van der Waals surface area (Å²) in [5.74, 6) is 4.55. The fraction of sp³-hybridized carbons (Fsp3) is 0. The van der Waals surface area contributed by atoms with E-state index in [1.54, 1.807) is 36.4 Å². The van der Waals surface area contributed by atoms with E-state index in [0.717, 1.165) is 5.01 Å². The maximum atomic E-state index is 13.9. The van der Waals surface area contributed by atoms with E-state index in [2.05, 4.69) is 4.98 Å². The van der Waals surface area contributed by atoms with Gasteiger partial charge in [0.2, 0.25) is 6.41 Å². The first-order valence-electron chi connectivity index (χ1n) is 6.72. The highest BCUT2D eigenvalue weighted by Gasteiger charge is 2.20. The van der Waals surface area contributed by atoms with Gasteiger partial charge in [0.1, 0.15) is 11.6 Å². The Morgan fingerprint density at radius 1 is 1.22 bits per heavy atom. The van der Waals surface area contributed by atoms with Crippen molar-refractivity contribution < 1.29 is 14.0 Å². The van der Waals surface area contributed by atoms with Gasteiger partial charge >= 0.3 is 0 Å². The third-order valence-corrected chi connectivity index (χ3v) is 3.58. The molecule has 0 aliphatic rings. The lowest BCUT2D eigenvalue weighted by Crippen LogP contribution is -2.31. The summed E-state index contributed by atoms with van der Waals surface area (Å²) >= 11 is 0. The molecule has 6 nitrogen and oxygen atoms in total. The number of hydrazine groups is 1. The van der Waals surface area contributed by atoms with E-state index in [0.29, 0.717) is 28.4 Å². The van der Waals surface area contributed by atoms with Gasteiger partial charge in [0, 0.05) is 16.5 Å². The van der Waals surface area contributed by atoms with Gasteiger partial charge in [-0.3, -0.25) is 9.59 Å². The van der Waals surface area contributed by atoms with Crippen LogP contribution in [-0.2, 0) is 4.79 Å². The third kappa shape index (κ3) is 2.43. The van der Waals surface area contributed by atoms with Crippen LogP contribution in [0.15, 0.2) is 42.5 Å². The predicted octanol–water partition coefficient (Wildman–Crippen LogP) is 1.91. The van der Waals surface area contributed by atoms with Crippen molar-refractivity contribution >= 4 is 29.0 Å². The zero-order chi connectivity index (χ0) is 16.6. The number of primary amides is 1. The van der Waals surface area contributed by atoms with Crippen LogP contribution in [0.4, 0.5) is 10.2 Å². The Morgan fingerprint density at radius 3 is 2.61 bits per heavy atom. The molecule has 0 unspecified atom stereocenters. The number of aromatic nitrogens is 1. The smallest absolute Gasteiger partial charge is 0.253 e. The molecule has 0 spiro atoms. The van der Waals surface area contributed by atoms with Gasteiger partial charge in [-0.15, -0.1) is 0 Å². The Kier molecular flexibility index (Phi) is 3.55. The number of benzene rings is 2. The molecule has 0 saturated carbocycles. The minimum atomic E-state index is -0.720. The highest BCUT2D eigenvalue weighted by Crippen LogP contribution is 2.31. The molecular formula is C16H13FN4O2. The summed E-state index contributed by atoms with van der Waals surface area (Å²) in [7, 11) is 0. The Morgan fingerprint density at radius 2 is 1.96 bits per heavy atom. The SMILES string of the molecule is NC(=O)c1c(N(N)C=O)[nH]c2cc(-c3ccccc3F)ccc12. The van der Waals surface area contributed by atoms with Gasteiger partial charge in [-0.2, -0.15) is 0 Å². The quantitative estimate of drug-likeness (QED) is 0.296. The number of anilines is 1. The zero-order valence-corrected chi connectivity index (χ0v) is 11.9. The molecule has 0 aliphatic carbocycles. The number of hydrogen-bond acceptors (Lipinski definition) is 3. The monoisotopic (exact) mass is 312 g/mol. The van der Waals surface area contributed by atoms with Crippen LogP contribution in [-0.4, -0.2) is 17.3 Å². The number of carbonyl (C=O) groups excluding carboxylic acids is 2. The molecular weight excluding hydrogens is 299 g/mol. The Hall–Kier alpha value is -3.19. The number of hydrogen-bond donors (Lipinski definition) is 3. The van der Waals surface area contributed by atoms with Crippen LogP contribution in [0.1, 0.15) is 10.4 Å². The van der Waals surface area contributed by atoms with E-state index in [4.69, 9.17) is 11.6 Å². The van der Waals surface area contributed by atoms with Crippen molar-refractivity contribution in [1.29, 1.82) is 0 Å². The summed E-state index contributed by atoms with van der Waals surface area (Å²) in [5.41, 5.74) is 7.04. The van der Waals surface area contributed by atoms with Crippen molar-refractivity contribution in [2.45, 2.75) is 0 Å². The second kappa shape index (κ2) is 5.54. The van der Waals surface area contributed by atoms with Gasteiger partial charge in [0.05, 0.1) is 5.56 Å². The molecule has 0 bridgehead atoms. The zero-order valence-electron chi connectivity index (χ0n) is 11.9. The minimum Gasteiger partial charge on any atom is -0.365 e. The molecule has 116 valence electrons. The van der Waals surface area contributed by atoms with Crippen LogP contribution < -0.4 is 16.6 Å². The van der Waals surface area contributed by atoms with Crippen molar-refractivity contribution in [3.63, 3.8) is 0 Å². The number of nitrogens with one attached hydrogen (secondary N) is 1. The van der Waals surface area contributed by atoms with Gasteiger partial charge in [0.25, 0.3) is 5.91 Å². The third-order valence-electron chi connectivity index (χ3n) is 3.58. The van der Waals surface area contributed by atoms with E-state index < -0.39 is 5.91 Å². The summed E-state index contributed by atoms with van der Waals surface area (Å²) in [6, 6.07) is 11.3. The summed E-state index contributed by atoms with van der Waals surface area (Å²) in [5, 5.41) is 1.24. The second-order valence-corrected chi connectivity index (χ2v) is 4.97.